The first kappa shape index (κ1) is 17.0. The van der Waals surface area contributed by atoms with E-state index in [0.29, 0.717) is 5.92 Å². The van der Waals surface area contributed by atoms with Crippen molar-refractivity contribution in [3.63, 3.8) is 0 Å². The lowest BCUT2D eigenvalue weighted by atomic mass is 10.0. The minimum atomic E-state index is -1.07. The molecular formula is C17H23N3O3. The Labute approximate surface area is 136 Å². The molecule has 0 unspecified atom stereocenters. The lowest BCUT2D eigenvalue weighted by molar-refractivity contribution is -0.132. The van der Waals surface area contributed by atoms with Gasteiger partial charge < -0.3 is 10.6 Å². The quantitative estimate of drug-likeness (QED) is 0.841. The number of primary amides is 1. The van der Waals surface area contributed by atoms with Crippen LogP contribution >= 0.6 is 0 Å². The highest BCUT2D eigenvalue weighted by atomic mass is 16.2. The first-order chi connectivity index (χ1) is 10.6. The first-order valence-corrected chi connectivity index (χ1v) is 7.65. The lowest BCUT2D eigenvalue weighted by Gasteiger charge is -2.26. The van der Waals surface area contributed by atoms with Gasteiger partial charge in [-0.25, -0.2) is 4.79 Å². The van der Waals surface area contributed by atoms with Crippen molar-refractivity contribution >= 4 is 17.8 Å². The van der Waals surface area contributed by atoms with Crippen LogP contribution in [-0.4, -0.2) is 39.7 Å². The second-order valence-corrected chi connectivity index (χ2v) is 6.68. The van der Waals surface area contributed by atoms with Gasteiger partial charge >= 0.3 is 6.03 Å². The third-order valence-corrected chi connectivity index (χ3v) is 4.21. The maximum Gasteiger partial charge on any atom is 0.328 e. The average molecular weight is 317 g/mol. The third-order valence-electron chi connectivity index (χ3n) is 4.21. The van der Waals surface area contributed by atoms with Gasteiger partial charge in [0.2, 0.25) is 5.91 Å². The van der Waals surface area contributed by atoms with Gasteiger partial charge in [-0.3, -0.25) is 14.5 Å². The van der Waals surface area contributed by atoms with Crippen LogP contribution in [0.2, 0.25) is 0 Å². The maximum atomic E-state index is 12.5. The Bertz CT molecular complexity index is 635. The predicted molar refractivity (Wildman–Crippen MR) is 86.5 cm³/mol. The van der Waals surface area contributed by atoms with Gasteiger partial charge in [-0.05, 0) is 30.9 Å². The van der Waals surface area contributed by atoms with Gasteiger partial charge in [-0.1, -0.05) is 38.1 Å². The summed E-state index contributed by atoms with van der Waals surface area (Å²) in [4.78, 5) is 38.5. The third kappa shape index (κ3) is 3.21. The zero-order chi connectivity index (χ0) is 17.4. The Morgan fingerprint density at radius 2 is 1.74 bits per heavy atom. The standard InChI is InChI=1S/C17H23N3O3/c1-11(2)13-7-5-12(6-8-13)9-19-15(22)17(3,4)20(16(19)23)10-14(18)21/h5-8,11H,9-10H2,1-4H3,(H2,18,21). The molecule has 1 saturated heterocycles. The SMILES string of the molecule is CC(C)c1ccc(CN2C(=O)N(CC(N)=O)C(C)(C)C2=O)cc1. The van der Waals surface area contributed by atoms with Crippen LogP contribution in [0.15, 0.2) is 24.3 Å². The van der Waals surface area contributed by atoms with Crippen molar-refractivity contribution in [1.82, 2.24) is 9.80 Å². The highest BCUT2D eigenvalue weighted by Crippen LogP contribution is 2.28. The van der Waals surface area contributed by atoms with Gasteiger partial charge in [0.15, 0.2) is 0 Å². The number of nitrogens with zero attached hydrogens (tertiary/aromatic N) is 2. The maximum absolute atomic E-state index is 12.5. The lowest BCUT2D eigenvalue weighted by Crippen LogP contribution is -2.47. The molecule has 23 heavy (non-hydrogen) atoms. The Kier molecular flexibility index (Phi) is 4.45. The minimum Gasteiger partial charge on any atom is -0.368 e. The van der Waals surface area contributed by atoms with E-state index >= 15 is 0 Å². The number of imide groups is 1. The Morgan fingerprint density at radius 1 is 1.17 bits per heavy atom. The van der Waals surface area contributed by atoms with E-state index in [0.717, 1.165) is 5.56 Å². The largest absolute Gasteiger partial charge is 0.368 e. The number of hydrogen-bond donors (Lipinski definition) is 1. The molecule has 6 heteroatoms. The van der Waals surface area contributed by atoms with Crippen LogP contribution in [-0.2, 0) is 16.1 Å². The molecule has 0 saturated carbocycles. The molecule has 6 nitrogen and oxygen atoms in total. The fraction of sp³-hybridized carbons (Fsp3) is 0.471. The molecule has 1 fully saturated rings. The summed E-state index contributed by atoms with van der Waals surface area (Å²) in [6.45, 7) is 7.38. The number of hydrogen-bond acceptors (Lipinski definition) is 3. The van der Waals surface area contributed by atoms with Gasteiger partial charge in [0.25, 0.3) is 5.91 Å². The Hall–Kier alpha value is -2.37. The van der Waals surface area contributed by atoms with Crippen LogP contribution in [0.4, 0.5) is 4.79 Å². The van der Waals surface area contributed by atoms with Gasteiger partial charge in [0.1, 0.15) is 12.1 Å². The molecule has 1 aliphatic rings. The first-order valence-electron chi connectivity index (χ1n) is 7.65. The molecule has 4 amide bonds. The number of amides is 4. The topological polar surface area (TPSA) is 83.7 Å². The number of carbonyl (C=O) groups is 3. The van der Waals surface area contributed by atoms with E-state index in [4.69, 9.17) is 5.73 Å². The number of nitrogens with two attached hydrogens (primary N) is 1. The van der Waals surface area contributed by atoms with Crippen molar-refractivity contribution in [2.45, 2.75) is 45.7 Å². The summed E-state index contributed by atoms with van der Waals surface area (Å²) in [5.41, 5.74) is 6.18. The van der Waals surface area contributed by atoms with E-state index in [9.17, 15) is 14.4 Å². The molecule has 0 radical (unpaired) electrons. The van der Waals surface area contributed by atoms with E-state index < -0.39 is 17.5 Å². The van der Waals surface area contributed by atoms with E-state index in [1.807, 2.05) is 24.3 Å². The number of carbonyl (C=O) groups excluding carboxylic acids is 3. The van der Waals surface area contributed by atoms with Crippen molar-refractivity contribution in [3.8, 4) is 0 Å². The van der Waals surface area contributed by atoms with Crippen molar-refractivity contribution < 1.29 is 14.4 Å². The molecule has 1 aromatic rings. The molecule has 0 spiro atoms. The van der Waals surface area contributed by atoms with E-state index in [-0.39, 0.29) is 19.0 Å². The zero-order valence-corrected chi connectivity index (χ0v) is 14.0. The molecule has 0 bridgehead atoms. The molecule has 1 heterocycles. The molecule has 0 atom stereocenters. The predicted octanol–water partition coefficient (Wildman–Crippen LogP) is 1.84. The normalized spacial score (nSPS) is 17.3. The summed E-state index contributed by atoms with van der Waals surface area (Å²) in [5.74, 6) is -0.539. The fourth-order valence-corrected chi connectivity index (χ4v) is 2.67. The Morgan fingerprint density at radius 3 is 2.22 bits per heavy atom. The molecule has 124 valence electrons. The summed E-state index contributed by atoms with van der Waals surface area (Å²) >= 11 is 0. The van der Waals surface area contributed by atoms with Gasteiger partial charge in [-0.2, -0.15) is 0 Å². The number of rotatable bonds is 5. The molecule has 2 N–H and O–H groups in total. The van der Waals surface area contributed by atoms with Crippen LogP contribution in [0.3, 0.4) is 0 Å². The number of urea groups is 1. The number of benzene rings is 1. The Balaban J connectivity index is 2.21. The molecule has 1 aromatic carbocycles. The monoisotopic (exact) mass is 317 g/mol. The highest BCUT2D eigenvalue weighted by molar-refractivity contribution is 6.07. The van der Waals surface area contributed by atoms with Crippen molar-refractivity contribution in [3.05, 3.63) is 35.4 Å². The van der Waals surface area contributed by atoms with Crippen molar-refractivity contribution in [2.24, 2.45) is 5.73 Å². The van der Waals surface area contributed by atoms with Gasteiger partial charge in [0.05, 0.1) is 6.54 Å². The summed E-state index contributed by atoms with van der Waals surface area (Å²) in [5, 5.41) is 0. The highest BCUT2D eigenvalue weighted by Gasteiger charge is 2.51. The van der Waals surface area contributed by atoms with E-state index in [1.165, 1.54) is 15.4 Å². The van der Waals surface area contributed by atoms with Gasteiger partial charge in [-0.15, -0.1) is 0 Å². The van der Waals surface area contributed by atoms with Gasteiger partial charge in [0, 0.05) is 0 Å². The van der Waals surface area contributed by atoms with E-state index in [2.05, 4.69) is 13.8 Å². The summed E-state index contributed by atoms with van der Waals surface area (Å²) < 4.78 is 0. The second-order valence-electron chi connectivity index (χ2n) is 6.68. The van der Waals surface area contributed by atoms with Crippen LogP contribution in [0.5, 0.6) is 0 Å². The van der Waals surface area contributed by atoms with E-state index in [1.54, 1.807) is 13.8 Å². The molecule has 1 aliphatic heterocycles. The minimum absolute atomic E-state index is 0.189. The summed E-state index contributed by atoms with van der Waals surface area (Å²) in [6, 6.07) is 7.35. The summed E-state index contributed by atoms with van der Waals surface area (Å²) in [7, 11) is 0. The van der Waals surface area contributed by atoms with Crippen LogP contribution < -0.4 is 5.73 Å². The molecule has 2 rings (SSSR count). The molecule has 0 aromatic heterocycles. The summed E-state index contributed by atoms with van der Waals surface area (Å²) in [6.07, 6.45) is 0. The smallest absolute Gasteiger partial charge is 0.328 e. The van der Waals surface area contributed by atoms with Crippen molar-refractivity contribution in [2.75, 3.05) is 6.54 Å². The molecule has 0 aliphatic carbocycles. The fourth-order valence-electron chi connectivity index (χ4n) is 2.67. The van der Waals surface area contributed by atoms with Crippen LogP contribution in [0.25, 0.3) is 0 Å². The zero-order valence-electron chi connectivity index (χ0n) is 14.0. The van der Waals surface area contributed by atoms with Crippen LogP contribution in [0.1, 0.15) is 44.7 Å². The van der Waals surface area contributed by atoms with Crippen molar-refractivity contribution in [1.29, 1.82) is 0 Å². The molecular weight excluding hydrogens is 294 g/mol. The van der Waals surface area contributed by atoms with Crippen LogP contribution in [0, 0.1) is 0 Å². The average Bonchev–Trinajstić information content (AvgIpc) is 2.62. The second kappa shape index (κ2) is 6.02.